The van der Waals surface area contributed by atoms with Crippen LogP contribution in [0.3, 0.4) is 0 Å². The fourth-order valence-corrected chi connectivity index (χ4v) is 2.82. The summed E-state index contributed by atoms with van der Waals surface area (Å²) in [6, 6.07) is 3.96. The summed E-state index contributed by atoms with van der Waals surface area (Å²) < 4.78 is 10.1. The topological polar surface area (TPSA) is 67.9 Å². The van der Waals surface area contributed by atoms with Gasteiger partial charge in [-0.15, -0.1) is 11.3 Å². The first kappa shape index (κ1) is 15.9. The van der Waals surface area contributed by atoms with E-state index in [9.17, 15) is 9.59 Å². The molecular weight excluding hydrogens is 292 g/mol. The molecule has 7 heteroatoms. The number of rotatable bonds is 6. The first-order valence-corrected chi connectivity index (χ1v) is 7.75. The quantitative estimate of drug-likeness (QED) is 0.780. The third-order valence-corrected chi connectivity index (χ3v) is 4.13. The molecule has 0 radical (unpaired) electrons. The Kier molecular flexibility index (Phi) is 6.16. The summed E-state index contributed by atoms with van der Waals surface area (Å²) in [6.45, 7) is 2.68. The Morgan fingerprint density at radius 3 is 3.14 bits per heavy atom. The van der Waals surface area contributed by atoms with Crippen LogP contribution in [-0.4, -0.2) is 56.2 Å². The summed E-state index contributed by atoms with van der Waals surface area (Å²) in [4.78, 5) is 26.3. The monoisotopic (exact) mass is 312 g/mol. The first-order valence-electron chi connectivity index (χ1n) is 6.87. The van der Waals surface area contributed by atoms with Gasteiger partial charge in [0.15, 0.2) is 0 Å². The van der Waals surface area contributed by atoms with E-state index in [-0.39, 0.29) is 24.4 Å². The van der Waals surface area contributed by atoms with Gasteiger partial charge in [0, 0.05) is 18.0 Å². The molecule has 21 heavy (non-hydrogen) atoms. The molecule has 1 aliphatic heterocycles. The number of morpholine rings is 1. The number of amides is 1. The van der Waals surface area contributed by atoms with Crippen molar-refractivity contribution in [3.63, 3.8) is 0 Å². The summed E-state index contributed by atoms with van der Waals surface area (Å²) >= 11 is 1.62. The third kappa shape index (κ3) is 5.45. The highest BCUT2D eigenvalue weighted by Crippen LogP contribution is 2.10. The molecule has 1 atom stereocenters. The van der Waals surface area contributed by atoms with Crippen molar-refractivity contribution >= 4 is 23.2 Å². The Hall–Kier alpha value is -1.44. The van der Waals surface area contributed by atoms with E-state index in [0.29, 0.717) is 32.8 Å². The number of thiophene rings is 1. The molecule has 2 rings (SSSR count). The average Bonchev–Trinajstić information content (AvgIpc) is 2.98. The maximum Gasteiger partial charge on any atom is 0.308 e. The van der Waals surface area contributed by atoms with Gasteiger partial charge in [0.1, 0.15) is 0 Å². The average molecular weight is 312 g/mol. The highest BCUT2D eigenvalue weighted by molar-refractivity contribution is 7.09. The van der Waals surface area contributed by atoms with Crippen molar-refractivity contribution in [2.45, 2.75) is 19.1 Å². The summed E-state index contributed by atoms with van der Waals surface area (Å²) in [5.41, 5.74) is 0. The number of carbonyl (C=O) groups is 2. The van der Waals surface area contributed by atoms with Crippen LogP contribution in [-0.2, 0) is 25.6 Å². The fourth-order valence-electron chi connectivity index (χ4n) is 2.17. The van der Waals surface area contributed by atoms with Crippen LogP contribution in [0.15, 0.2) is 17.5 Å². The van der Waals surface area contributed by atoms with Crippen molar-refractivity contribution in [1.82, 2.24) is 10.2 Å². The molecule has 0 bridgehead atoms. The number of nitrogens with zero attached hydrogens (tertiary/aromatic N) is 1. The van der Waals surface area contributed by atoms with Crippen LogP contribution >= 0.6 is 11.3 Å². The molecular formula is C14H20N2O4S. The van der Waals surface area contributed by atoms with Crippen LogP contribution in [0.5, 0.6) is 0 Å². The molecule has 1 unspecified atom stereocenters. The zero-order valence-electron chi connectivity index (χ0n) is 12.0. The molecule has 6 nitrogen and oxygen atoms in total. The predicted octanol–water partition coefficient (Wildman–Crippen LogP) is 0.628. The molecule has 1 fully saturated rings. The largest absolute Gasteiger partial charge is 0.469 e. The Balaban J connectivity index is 1.71. The van der Waals surface area contributed by atoms with Crippen molar-refractivity contribution in [3.8, 4) is 0 Å². The Morgan fingerprint density at radius 2 is 2.43 bits per heavy atom. The molecule has 1 amide bonds. The molecule has 1 aromatic rings. The minimum atomic E-state index is -0.288. The van der Waals surface area contributed by atoms with Gasteiger partial charge >= 0.3 is 5.97 Å². The molecule has 2 heterocycles. The lowest BCUT2D eigenvalue weighted by atomic mass is 10.2. The molecule has 0 aromatic carbocycles. The maximum atomic E-state index is 11.9. The number of carbonyl (C=O) groups excluding carboxylic acids is 2. The molecule has 1 saturated heterocycles. The van der Waals surface area contributed by atoms with E-state index in [2.05, 4.69) is 10.1 Å². The van der Waals surface area contributed by atoms with Crippen molar-refractivity contribution in [1.29, 1.82) is 0 Å². The number of esters is 1. The maximum absolute atomic E-state index is 11.9. The van der Waals surface area contributed by atoms with Crippen molar-refractivity contribution in [2.75, 3.05) is 33.4 Å². The summed E-state index contributed by atoms with van der Waals surface area (Å²) in [6.07, 6.45) is 0.0281. The molecule has 1 N–H and O–H groups in total. The van der Waals surface area contributed by atoms with E-state index >= 15 is 0 Å². The number of hydrogen-bond acceptors (Lipinski definition) is 6. The van der Waals surface area contributed by atoms with E-state index in [1.807, 2.05) is 22.4 Å². The molecule has 0 saturated carbocycles. The smallest absolute Gasteiger partial charge is 0.308 e. The Bertz CT molecular complexity index is 464. The number of ether oxygens (including phenoxy) is 2. The second kappa shape index (κ2) is 8.11. The summed E-state index contributed by atoms with van der Waals surface area (Å²) in [5.74, 6) is -0.300. The van der Waals surface area contributed by atoms with Gasteiger partial charge < -0.3 is 14.8 Å². The number of hydrogen-bond donors (Lipinski definition) is 1. The fraction of sp³-hybridized carbons (Fsp3) is 0.571. The van der Waals surface area contributed by atoms with Gasteiger partial charge in [-0.05, 0) is 11.4 Å². The van der Waals surface area contributed by atoms with Crippen LogP contribution in [0, 0.1) is 0 Å². The standard InChI is InChI=1S/C14H20N2O4S/c1-19-14(18)7-11-9-16(4-5-20-11)10-13(17)15-8-12-3-2-6-21-12/h2-3,6,11H,4-5,7-10H2,1H3,(H,15,17). The third-order valence-electron chi connectivity index (χ3n) is 3.25. The highest BCUT2D eigenvalue weighted by atomic mass is 32.1. The molecule has 116 valence electrons. The molecule has 1 aliphatic rings. The van der Waals surface area contributed by atoms with Crippen molar-refractivity contribution in [2.24, 2.45) is 0 Å². The van der Waals surface area contributed by atoms with Crippen molar-refractivity contribution < 1.29 is 19.1 Å². The van der Waals surface area contributed by atoms with E-state index < -0.39 is 0 Å². The minimum absolute atomic E-state index is 0.0119. The second-order valence-corrected chi connectivity index (χ2v) is 5.90. The van der Waals surface area contributed by atoms with Gasteiger partial charge in [0.2, 0.25) is 5.91 Å². The summed E-state index contributed by atoms with van der Waals surface area (Å²) in [7, 11) is 1.36. The lowest BCUT2D eigenvalue weighted by molar-refractivity contribution is -0.145. The second-order valence-electron chi connectivity index (χ2n) is 4.86. The van der Waals surface area contributed by atoms with E-state index in [1.54, 1.807) is 11.3 Å². The minimum Gasteiger partial charge on any atom is -0.469 e. The highest BCUT2D eigenvalue weighted by Gasteiger charge is 2.24. The molecule has 0 aliphatic carbocycles. The Morgan fingerprint density at radius 1 is 1.57 bits per heavy atom. The van der Waals surface area contributed by atoms with E-state index in [0.717, 1.165) is 4.88 Å². The van der Waals surface area contributed by atoms with Crippen LogP contribution < -0.4 is 5.32 Å². The van der Waals surface area contributed by atoms with Crippen LogP contribution in [0.1, 0.15) is 11.3 Å². The normalized spacial score (nSPS) is 19.2. The van der Waals surface area contributed by atoms with Crippen LogP contribution in [0.25, 0.3) is 0 Å². The van der Waals surface area contributed by atoms with Gasteiger partial charge in [-0.25, -0.2) is 0 Å². The van der Waals surface area contributed by atoms with Crippen LogP contribution in [0.4, 0.5) is 0 Å². The number of methoxy groups -OCH3 is 1. The molecule has 0 spiro atoms. The lowest BCUT2D eigenvalue weighted by Crippen LogP contribution is -2.47. The van der Waals surface area contributed by atoms with E-state index in [1.165, 1.54) is 7.11 Å². The number of nitrogens with one attached hydrogen (secondary N) is 1. The molecule has 1 aromatic heterocycles. The lowest BCUT2D eigenvalue weighted by Gasteiger charge is -2.31. The van der Waals surface area contributed by atoms with Gasteiger partial charge in [-0.3, -0.25) is 14.5 Å². The van der Waals surface area contributed by atoms with Crippen LogP contribution in [0.2, 0.25) is 0 Å². The first-order chi connectivity index (χ1) is 10.2. The Labute approximate surface area is 128 Å². The van der Waals surface area contributed by atoms with Gasteiger partial charge in [-0.2, -0.15) is 0 Å². The zero-order valence-corrected chi connectivity index (χ0v) is 12.9. The predicted molar refractivity (Wildman–Crippen MR) is 79.0 cm³/mol. The van der Waals surface area contributed by atoms with Gasteiger partial charge in [0.25, 0.3) is 0 Å². The SMILES string of the molecule is COC(=O)CC1CN(CC(=O)NCc2cccs2)CCO1. The summed E-state index contributed by atoms with van der Waals surface area (Å²) in [5, 5.41) is 4.88. The van der Waals surface area contributed by atoms with Gasteiger partial charge in [0.05, 0.1) is 39.3 Å². The van der Waals surface area contributed by atoms with Crippen molar-refractivity contribution in [3.05, 3.63) is 22.4 Å². The van der Waals surface area contributed by atoms with E-state index in [4.69, 9.17) is 4.74 Å². The zero-order chi connectivity index (χ0) is 15.1. The van der Waals surface area contributed by atoms with Gasteiger partial charge in [-0.1, -0.05) is 6.07 Å².